The van der Waals surface area contributed by atoms with Crippen LogP contribution in [0.2, 0.25) is 0 Å². The zero-order valence-electron chi connectivity index (χ0n) is 9.98. The molecule has 3 rings (SSSR count). The molecule has 0 unspecified atom stereocenters. The Morgan fingerprint density at radius 3 is 2.84 bits per heavy atom. The van der Waals surface area contributed by atoms with Gasteiger partial charge in [0.2, 0.25) is 5.91 Å². The van der Waals surface area contributed by atoms with E-state index in [0.717, 1.165) is 21.9 Å². The number of amides is 1. The number of benzene rings is 1. The molecule has 3 aromatic rings. The average molecular weight is 269 g/mol. The van der Waals surface area contributed by atoms with Crippen molar-refractivity contribution in [3.63, 3.8) is 0 Å². The van der Waals surface area contributed by atoms with Crippen molar-refractivity contribution in [1.29, 1.82) is 0 Å². The van der Waals surface area contributed by atoms with Crippen LogP contribution in [0.15, 0.2) is 48.0 Å². The Bertz CT molecular complexity index is 755. The number of imidazole rings is 1. The fourth-order valence-corrected chi connectivity index (χ4v) is 2.65. The molecule has 0 saturated heterocycles. The van der Waals surface area contributed by atoms with Gasteiger partial charge in [0.05, 0.1) is 11.4 Å². The molecule has 4 nitrogen and oxygen atoms in total. The Balaban J connectivity index is 2.21. The highest BCUT2D eigenvalue weighted by Gasteiger charge is 2.12. The molecule has 2 N–H and O–H groups in total. The number of hydrogen-bond acceptors (Lipinski definition) is 3. The first-order valence-electron chi connectivity index (χ1n) is 5.74. The number of rotatable bonds is 3. The van der Waals surface area contributed by atoms with Gasteiger partial charge in [-0.25, -0.2) is 4.98 Å². The molecule has 0 bridgehead atoms. The largest absolute Gasteiger partial charge is 0.366 e. The summed E-state index contributed by atoms with van der Waals surface area (Å²) >= 11 is 1.55. The van der Waals surface area contributed by atoms with Gasteiger partial charge in [0.1, 0.15) is 0 Å². The van der Waals surface area contributed by atoms with Gasteiger partial charge in [0.25, 0.3) is 0 Å². The highest BCUT2D eigenvalue weighted by molar-refractivity contribution is 7.15. The number of carbonyl (C=O) groups excluding carboxylic acids is 1. The normalized spacial score (nSPS) is 11.4. The molecule has 94 valence electrons. The summed E-state index contributed by atoms with van der Waals surface area (Å²) in [5.74, 6) is -0.468. The predicted molar refractivity (Wildman–Crippen MR) is 76.7 cm³/mol. The number of fused-ring (bicyclic) bond motifs is 1. The Hall–Kier alpha value is -2.40. The average Bonchev–Trinajstić information content (AvgIpc) is 2.98. The van der Waals surface area contributed by atoms with Crippen molar-refractivity contribution in [2.75, 3.05) is 0 Å². The summed E-state index contributed by atoms with van der Waals surface area (Å²) in [7, 11) is 0. The maximum absolute atomic E-state index is 10.9. The second-order valence-corrected chi connectivity index (χ2v) is 4.88. The number of thiazole rings is 1. The van der Waals surface area contributed by atoms with Gasteiger partial charge in [-0.2, -0.15) is 0 Å². The second-order valence-electron chi connectivity index (χ2n) is 4.00. The lowest BCUT2D eigenvalue weighted by Gasteiger charge is -1.99. The molecular formula is C14H11N3OS. The van der Waals surface area contributed by atoms with E-state index in [1.165, 1.54) is 6.08 Å². The summed E-state index contributed by atoms with van der Waals surface area (Å²) in [6.07, 6.45) is 4.99. The van der Waals surface area contributed by atoms with Crippen molar-refractivity contribution in [1.82, 2.24) is 9.38 Å². The standard InChI is InChI=1S/C14H11N3OS/c15-12(18)7-6-11-13(10-4-2-1-3-5-10)16-14-17(11)8-9-19-14/h1-9H,(H2,15,18)/b7-6-. The van der Waals surface area contributed by atoms with Crippen LogP contribution < -0.4 is 5.73 Å². The summed E-state index contributed by atoms with van der Waals surface area (Å²) in [5, 5.41) is 1.96. The number of nitrogens with two attached hydrogens (primary N) is 1. The van der Waals surface area contributed by atoms with Crippen molar-refractivity contribution in [3.8, 4) is 11.3 Å². The van der Waals surface area contributed by atoms with Crippen LogP contribution in [0.25, 0.3) is 22.3 Å². The van der Waals surface area contributed by atoms with Crippen molar-refractivity contribution >= 4 is 28.3 Å². The molecule has 0 fully saturated rings. The Labute approximate surface area is 113 Å². The first-order valence-corrected chi connectivity index (χ1v) is 6.62. The first-order chi connectivity index (χ1) is 9.25. The first kappa shape index (κ1) is 11.7. The second kappa shape index (κ2) is 4.70. The molecule has 5 heteroatoms. The highest BCUT2D eigenvalue weighted by atomic mass is 32.1. The molecule has 2 heterocycles. The molecule has 0 spiro atoms. The van der Waals surface area contributed by atoms with Gasteiger partial charge in [0.15, 0.2) is 4.96 Å². The summed E-state index contributed by atoms with van der Waals surface area (Å²) in [5.41, 5.74) is 7.89. The smallest absolute Gasteiger partial charge is 0.241 e. The van der Waals surface area contributed by atoms with Gasteiger partial charge in [-0.05, 0) is 6.08 Å². The predicted octanol–water partition coefficient (Wildman–Crippen LogP) is 2.56. The molecule has 19 heavy (non-hydrogen) atoms. The van der Waals surface area contributed by atoms with Crippen LogP contribution in [0.1, 0.15) is 5.69 Å². The third kappa shape index (κ3) is 2.15. The summed E-state index contributed by atoms with van der Waals surface area (Å²) in [4.78, 5) is 16.4. The lowest BCUT2D eigenvalue weighted by Crippen LogP contribution is -2.05. The third-order valence-electron chi connectivity index (χ3n) is 2.75. The number of carbonyl (C=O) groups is 1. The number of nitrogens with zero attached hydrogens (tertiary/aromatic N) is 2. The lowest BCUT2D eigenvalue weighted by molar-refractivity contribution is -0.113. The maximum Gasteiger partial charge on any atom is 0.241 e. The number of aromatic nitrogens is 2. The van der Waals surface area contributed by atoms with Crippen molar-refractivity contribution < 1.29 is 4.79 Å². The number of hydrogen-bond donors (Lipinski definition) is 1. The van der Waals surface area contributed by atoms with E-state index in [1.54, 1.807) is 17.4 Å². The van der Waals surface area contributed by atoms with Crippen LogP contribution >= 0.6 is 11.3 Å². The minimum Gasteiger partial charge on any atom is -0.366 e. The van der Waals surface area contributed by atoms with Crippen LogP contribution in [0.4, 0.5) is 0 Å². The maximum atomic E-state index is 10.9. The van der Waals surface area contributed by atoms with Crippen LogP contribution in [0.5, 0.6) is 0 Å². The lowest BCUT2D eigenvalue weighted by atomic mass is 10.1. The minimum atomic E-state index is -0.468. The molecule has 1 amide bonds. The Kier molecular flexibility index (Phi) is 2.89. The van der Waals surface area contributed by atoms with E-state index < -0.39 is 5.91 Å². The Morgan fingerprint density at radius 2 is 2.11 bits per heavy atom. The van der Waals surface area contributed by atoms with Gasteiger partial charge in [-0.3, -0.25) is 9.20 Å². The monoisotopic (exact) mass is 269 g/mol. The zero-order valence-corrected chi connectivity index (χ0v) is 10.8. The van der Waals surface area contributed by atoms with E-state index in [-0.39, 0.29) is 0 Å². The molecule has 2 aromatic heterocycles. The van der Waals surface area contributed by atoms with Crippen molar-refractivity contribution in [2.45, 2.75) is 0 Å². The topological polar surface area (TPSA) is 60.4 Å². The molecule has 0 atom stereocenters. The quantitative estimate of drug-likeness (QED) is 0.743. The fraction of sp³-hybridized carbons (Fsp3) is 0. The zero-order chi connectivity index (χ0) is 13.2. The molecular weight excluding hydrogens is 258 g/mol. The molecule has 0 saturated carbocycles. The molecule has 0 aliphatic carbocycles. The molecule has 0 radical (unpaired) electrons. The van der Waals surface area contributed by atoms with E-state index >= 15 is 0 Å². The Morgan fingerprint density at radius 1 is 1.32 bits per heavy atom. The number of primary amides is 1. The van der Waals surface area contributed by atoms with E-state index in [1.807, 2.05) is 46.3 Å². The van der Waals surface area contributed by atoms with Crippen molar-refractivity contribution in [3.05, 3.63) is 53.7 Å². The molecule has 1 aromatic carbocycles. The van der Waals surface area contributed by atoms with Crippen LogP contribution in [0, 0.1) is 0 Å². The molecule has 0 aliphatic rings. The summed E-state index contributed by atoms with van der Waals surface area (Å²) in [6.45, 7) is 0. The molecule has 0 aliphatic heterocycles. The van der Waals surface area contributed by atoms with Gasteiger partial charge in [0, 0.05) is 23.2 Å². The van der Waals surface area contributed by atoms with Crippen molar-refractivity contribution in [2.24, 2.45) is 5.73 Å². The fourth-order valence-electron chi connectivity index (χ4n) is 1.93. The van der Waals surface area contributed by atoms with Gasteiger partial charge < -0.3 is 5.73 Å². The van der Waals surface area contributed by atoms with E-state index in [4.69, 9.17) is 5.73 Å². The van der Waals surface area contributed by atoms with Crippen LogP contribution in [0.3, 0.4) is 0 Å². The SMILES string of the molecule is NC(=O)/C=C\c1c(-c2ccccc2)nc2sccn12. The van der Waals surface area contributed by atoms with Crippen LogP contribution in [-0.2, 0) is 4.79 Å². The minimum absolute atomic E-state index is 0.468. The summed E-state index contributed by atoms with van der Waals surface area (Å²) < 4.78 is 1.95. The van der Waals surface area contributed by atoms with Crippen LogP contribution in [-0.4, -0.2) is 15.3 Å². The van der Waals surface area contributed by atoms with E-state index in [9.17, 15) is 4.79 Å². The van der Waals surface area contributed by atoms with E-state index in [2.05, 4.69) is 4.98 Å². The van der Waals surface area contributed by atoms with Gasteiger partial charge in [-0.1, -0.05) is 30.3 Å². The summed E-state index contributed by atoms with van der Waals surface area (Å²) in [6, 6.07) is 9.87. The third-order valence-corrected chi connectivity index (χ3v) is 3.51. The van der Waals surface area contributed by atoms with E-state index in [0.29, 0.717) is 0 Å². The van der Waals surface area contributed by atoms with Gasteiger partial charge >= 0.3 is 0 Å². The highest BCUT2D eigenvalue weighted by Crippen LogP contribution is 2.27. The van der Waals surface area contributed by atoms with Gasteiger partial charge in [-0.15, -0.1) is 11.3 Å².